The van der Waals surface area contributed by atoms with Crippen molar-refractivity contribution in [2.75, 3.05) is 18.4 Å². The van der Waals surface area contributed by atoms with Crippen LogP contribution in [0.5, 0.6) is 0 Å². The monoisotopic (exact) mass is 414 g/mol. The number of amides is 1. The van der Waals surface area contributed by atoms with Gasteiger partial charge >= 0.3 is 0 Å². The fourth-order valence-corrected chi connectivity index (χ4v) is 5.52. The fraction of sp³-hybridized carbons (Fsp3) is 0.435. The van der Waals surface area contributed by atoms with E-state index in [-0.39, 0.29) is 16.7 Å². The quantitative estimate of drug-likeness (QED) is 0.754. The third-order valence-corrected chi connectivity index (χ3v) is 7.50. The Morgan fingerprint density at radius 1 is 1.00 bits per heavy atom. The van der Waals surface area contributed by atoms with Crippen LogP contribution in [0.4, 0.5) is 5.69 Å². The van der Waals surface area contributed by atoms with Crippen molar-refractivity contribution >= 4 is 21.6 Å². The first-order valence-electron chi connectivity index (χ1n) is 10.3. The van der Waals surface area contributed by atoms with Crippen LogP contribution in [0.15, 0.2) is 47.4 Å². The molecule has 1 fully saturated rings. The molecule has 3 rings (SSSR count). The van der Waals surface area contributed by atoms with Gasteiger partial charge in [-0.05, 0) is 55.0 Å². The van der Waals surface area contributed by atoms with Crippen molar-refractivity contribution < 1.29 is 13.2 Å². The van der Waals surface area contributed by atoms with E-state index in [4.69, 9.17) is 0 Å². The fourth-order valence-electron chi connectivity index (χ4n) is 3.75. The van der Waals surface area contributed by atoms with Crippen LogP contribution < -0.4 is 5.32 Å². The summed E-state index contributed by atoms with van der Waals surface area (Å²) in [6, 6.07) is 12.6. The molecule has 6 heteroatoms. The van der Waals surface area contributed by atoms with E-state index in [1.165, 1.54) is 6.07 Å². The van der Waals surface area contributed by atoms with Crippen LogP contribution >= 0.6 is 0 Å². The van der Waals surface area contributed by atoms with E-state index < -0.39 is 10.0 Å². The summed E-state index contributed by atoms with van der Waals surface area (Å²) in [5, 5.41) is 2.95. The highest BCUT2D eigenvalue weighted by molar-refractivity contribution is 7.89. The Morgan fingerprint density at radius 3 is 2.31 bits per heavy atom. The van der Waals surface area contributed by atoms with Gasteiger partial charge in [0, 0.05) is 24.3 Å². The SMILES string of the molecule is Cc1ccc(C(=O)Nc2ccccc2C(C)C)cc1S(=O)(=O)N1CCCCCC1. The van der Waals surface area contributed by atoms with E-state index >= 15 is 0 Å². The molecule has 0 radical (unpaired) electrons. The smallest absolute Gasteiger partial charge is 0.255 e. The van der Waals surface area contributed by atoms with Gasteiger partial charge in [0.05, 0.1) is 4.90 Å². The molecule has 0 bridgehead atoms. The van der Waals surface area contributed by atoms with Crippen LogP contribution in [-0.4, -0.2) is 31.7 Å². The number of anilines is 1. The van der Waals surface area contributed by atoms with Crippen molar-refractivity contribution in [3.63, 3.8) is 0 Å². The second kappa shape index (κ2) is 9.09. The summed E-state index contributed by atoms with van der Waals surface area (Å²) in [7, 11) is -3.61. The summed E-state index contributed by atoms with van der Waals surface area (Å²) in [4.78, 5) is 13.1. The predicted molar refractivity (Wildman–Crippen MR) is 117 cm³/mol. The van der Waals surface area contributed by atoms with Gasteiger partial charge in [-0.1, -0.05) is 51.0 Å². The minimum absolute atomic E-state index is 0.226. The molecular weight excluding hydrogens is 384 g/mol. The van der Waals surface area contributed by atoms with Gasteiger partial charge in [-0.15, -0.1) is 0 Å². The second-order valence-corrected chi connectivity index (χ2v) is 9.90. The van der Waals surface area contributed by atoms with E-state index in [0.717, 1.165) is 36.9 Å². The summed E-state index contributed by atoms with van der Waals surface area (Å²) >= 11 is 0. The number of benzene rings is 2. The third-order valence-electron chi connectivity index (χ3n) is 5.46. The molecule has 0 unspecified atom stereocenters. The molecule has 0 aromatic heterocycles. The Morgan fingerprint density at radius 2 is 1.66 bits per heavy atom. The van der Waals surface area contributed by atoms with Gasteiger partial charge in [-0.25, -0.2) is 8.42 Å². The Bertz CT molecular complexity index is 975. The molecule has 1 heterocycles. The number of sulfonamides is 1. The molecular formula is C23H30N2O3S. The number of aryl methyl sites for hydroxylation is 1. The predicted octanol–water partition coefficient (Wildman–Crippen LogP) is 4.94. The largest absolute Gasteiger partial charge is 0.322 e. The number of para-hydroxylation sites is 1. The molecule has 0 aliphatic carbocycles. The van der Waals surface area contributed by atoms with Gasteiger partial charge in [-0.3, -0.25) is 4.79 Å². The number of rotatable bonds is 5. The standard InChI is InChI=1S/C23H30N2O3S/c1-17(2)20-10-6-7-11-21(20)24-23(26)19-13-12-18(3)22(16-19)29(27,28)25-14-8-4-5-9-15-25/h6-7,10-13,16-17H,4-5,8-9,14-15H2,1-3H3,(H,24,26). The van der Waals surface area contributed by atoms with Crippen molar-refractivity contribution in [1.82, 2.24) is 4.31 Å². The molecule has 1 aliphatic heterocycles. The third kappa shape index (κ3) is 4.87. The van der Waals surface area contributed by atoms with Gasteiger partial charge in [0.15, 0.2) is 0 Å². The van der Waals surface area contributed by atoms with E-state index in [0.29, 0.717) is 24.2 Å². The highest BCUT2D eigenvalue weighted by Gasteiger charge is 2.27. The molecule has 1 N–H and O–H groups in total. The molecule has 29 heavy (non-hydrogen) atoms. The lowest BCUT2D eigenvalue weighted by molar-refractivity contribution is 0.102. The van der Waals surface area contributed by atoms with Crippen LogP contribution in [0.3, 0.4) is 0 Å². The van der Waals surface area contributed by atoms with Crippen molar-refractivity contribution in [2.45, 2.75) is 57.3 Å². The minimum Gasteiger partial charge on any atom is -0.322 e. The Labute approximate surface area is 174 Å². The summed E-state index contributed by atoms with van der Waals surface area (Å²) < 4.78 is 28.0. The zero-order valence-corrected chi connectivity index (χ0v) is 18.3. The molecule has 5 nitrogen and oxygen atoms in total. The Balaban J connectivity index is 1.90. The van der Waals surface area contributed by atoms with Gasteiger partial charge in [0.1, 0.15) is 0 Å². The summed E-state index contributed by atoms with van der Waals surface area (Å²) in [6.07, 6.45) is 3.88. The molecule has 2 aromatic carbocycles. The van der Waals surface area contributed by atoms with Gasteiger partial charge in [0.2, 0.25) is 10.0 Å². The highest BCUT2D eigenvalue weighted by atomic mass is 32.2. The molecule has 0 atom stereocenters. The molecule has 1 saturated heterocycles. The van der Waals surface area contributed by atoms with Gasteiger partial charge in [0.25, 0.3) is 5.91 Å². The topological polar surface area (TPSA) is 66.5 Å². The van der Waals surface area contributed by atoms with Crippen LogP contribution in [0.1, 0.15) is 66.9 Å². The van der Waals surface area contributed by atoms with Crippen LogP contribution in [0.25, 0.3) is 0 Å². The molecule has 1 aliphatic rings. The summed E-state index contributed by atoms with van der Waals surface area (Å²) in [6.45, 7) is 7.01. The minimum atomic E-state index is -3.61. The van der Waals surface area contributed by atoms with E-state index in [1.54, 1.807) is 23.4 Å². The van der Waals surface area contributed by atoms with Crippen molar-refractivity contribution in [1.29, 1.82) is 0 Å². The lowest BCUT2D eigenvalue weighted by atomic mass is 10.0. The average Bonchev–Trinajstić information content (AvgIpc) is 2.98. The van der Waals surface area contributed by atoms with E-state index in [1.807, 2.05) is 24.3 Å². The molecule has 156 valence electrons. The molecule has 0 spiro atoms. The van der Waals surface area contributed by atoms with Crippen molar-refractivity contribution in [3.05, 3.63) is 59.2 Å². The van der Waals surface area contributed by atoms with Crippen molar-refractivity contribution in [3.8, 4) is 0 Å². The summed E-state index contributed by atoms with van der Waals surface area (Å²) in [5.74, 6) is -0.0334. The first-order valence-corrected chi connectivity index (χ1v) is 11.8. The number of nitrogens with one attached hydrogen (secondary N) is 1. The van der Waals surface area contributed by atoms with Crippen LogP contribution in [0.2, 0.25) is 0 Å². The van der Waals surface area contributed by atoms with Gasteiger partial charge in [-0.2, -0.15) is 4.31 Å². The number of carbonyl (C=O) groups is 1. The number of nitrogens with zero attached hydrogens (tertiary/aromatic N) is 1. The highest BCUT2D eigenvalue weighted by Crippen LogP contribution is 2.26. The Kier molecular flexibility index (Phi) is 6.75. The normalized spacial score (nSPS) is 15.9. The van der Waals surface area contributed by atoms with Crippen LogP contribution in [-0.2, 0) is 10.0 Å². The first kappa shape index (κ1) is 21.5. The second-order valence-electron chi connectivity index (χ2n) is 7.99. The van der Waals surface area contributed by atoms with Crippen molar-refractivity contribution in [2.24, 2.45) is 0 Å². The zero-order valence-electron chi connectivity index (χ0n) is 17.4. The first-order chi connectivity index (χ1) is 13.8. The maximum absolute atomic E-state index is 13.2. The molecule has 1 amide bonds. The molecule has 2 aromatic rings. The lowest BCUT2D eigenvalue weighted by Crippen LogP contribution is -2.32. The lowest BCUT2D eigenvalue weighted by Gasteiger charge is -2.21. The number of hydrogen-bond acceptors (Lipinski definition) is 3. The molecule has 0 saturated carbocycles. The average molecular weight is 415 g/mol. The van der Waals surface area contributed by atoms with E-state index in [9.17, 15) is 13.2 Å². The van der Waals surface area contributed by atoms with Gasteiger partial charge < -0.3 is 5.32 Å². The number of hydrogen-bond donors (Lipinski definition) is 1. The van der Waals surface area contributed by atoms with E-state index in [2.05, 4.69) is 19.2 Å². The zero-order chi connectivity index (χ0) is 21.0. The van der Waals surface area contributed by atoms with Crippen LogP contribution in [0, 0.1) is 6.92 Å². The number of carbonyl (C=O) groups excluding carboxylic acids is 1. The summed E-state index contributed by atoms with van der Waals surface area (Å²) in [5.41, 5.74) is 2.81. The Hall–Kier alpha value is -2.18. The maximum Gasteiger partial charge on any atom is 0.255 e. The maximum atomic E-state index is 13.2.